The zero-order valence-electron chi connectivity index (χ0n) is 17.4. The Labute approximate surface area is 210 Å². The fraction of sp³-hybridized carbons (Fsp3) is 0.429. The topological polar surface area (TPSA) is 130 Å². The number of aryl methyl sites for hydroxylation is 1. The molecule has 11 heteroatoms. The first kappa shape index (κ1) is 26.2. The quantitative estimate of drug-likeness (QED) is 0.526. The average Bonchev–Trinajstić information content (AvgIpc) is 2.75. The van der Waals surface area contributed by atoms with Crippen molar-refractivity contribution in [1.82, 2.24) is 25.3 Å². The first-order valence-electron chi connectivity index (χ1n) is 10.3. The van der Waals surface area contributed by atoms with E-state index in [-0.39, 0.29) is 52.1 Å². The van der Waals surface area contributed by atoms with Gasteiger partial charge < -0.3 is 10.6 Å². The van der Waals surface area contributed by atoms with Crippen molar-refractivity contribution in [3.8, 4) is 0 Å². The minimum atomic E-state index is -3.95. The molecule has 0 radical (unpaired) electrons. The molecule has 3 amide bonds. The Morgan fingerprint density at radius 3 is 2.34 bits per heavy atom. The average molecular weight is 470 g/mol. The van der Waals surface area contributed by atoms with Gasteiger partial charge in [-0.05, 0) is 43.9 Å². The monoisotopic (exact) mass is 469 g/mol. The summed E-state index contributed by atoms with van der Waals surface area (Å²) in [7, 11) is -3.95. The Morgan fingerprint density at radius 1 is 1.03 bits per heavy atom. The van der Waals surface area contributed by atoms with Crippen LogP contribution < -0.4 is 15.4 Å². The molecular weight excluding hydrogens is 441 g/mol. The SMILES string of the molecule is Cc1cnc(C(=O)NCCc2ccc(S(=O)(=O)NC(=O)NC3CCCCC3)cc2)cn1.[NaH]. The van der Waals surface area contributed by atoms with Gasteiger partial charge in [0, 0.05) is 18.8 Å². The van der Waals surface area contributed by atoms with E-state index in [1.807, 2.05) is 0 Å². The normalized spacial score (nSPS) is 14.2. The molecule has 3 N–H and O–H groups in total. The molecule has 3 rings (SSSR count). The second-order valence-corrected chi connectivity index (χ2v) is 9.29. The summed E-state index contributed by atoms with van der Waals surface area (Å²) >= 11 is 0. The Morgan fingerprint density at radius 2 is 1.72 bits per heavy atom. The molecule has 1 saturated carbocycles. The van der Waals surface area contributed by atoms with E-state index in [9.17, 15) is 18.0 Å². The number of hydrogen-bond acceptors (Lipinski definition) is 6. The van der Waals surface area contributed by atoms with Gasteiger partial charge in [0.15, 0.2) is 0 Å². The molecular formula is C21H28N5NaO4S. The molecule has 0 spiro atoms. The standard InChI is InChI=1S/C21H27N5O4S.Na.H/c1-15-13-24-19(14-23-15)20(27)22-12-11-16-7-9-18(10-8-16)31(29,30)26-21(28)25-17-5-3-2-4-6-17;;/h7-10,13-14,17H,2-6,11-12H2,1H3,(H,22,27)(H2,25,26,28);;. The summed E-state index contributed by atoms with van der Waals surface area (Å²) in [6, 6.07) is 5.53. The van der Waals surface area contributed by atoms with Gasteiger partial charge in [-0.3, -0.25) is 9.78 Å². The summed E-state index contributed by atoms with van der Waals surface area (Å²) in [5.74, 6) is -0.320. The van der Waals surface area contributed by atoms with Crippen molar-refractivity contribution in [2.45, 2.75) is 56.4 Å². The van der Waals surface area contributed by atoms with Gasteiger partial charge in [-0.1, -0.05) is 31.4 Å². The number of carbonyl (C=O) groups is 2. The van der Waals surface area contributed by atoms with E-state index in [0.717, 1.165) is 43.4 Å². The fourth-order valence-corrected chi connectivity index (χ4v) is 4.31. The number of amides is 3. The van der Waals surface area contributed by atoms with Crippen molar-refractivity contribution in [3.05, 3.63) is 53.6 Å². The van der Waals surface area contributed by atoms with Gasteiger partial charge >= 0.3 is 35.6 Å². The fourth-order valence-electron chi connectivity index (χ4n) is 3.40. The van der Waals surface area contributed by atoms with Crippen LogP contribution in [0.5, 0.6) is 0 Å². The zero-order valence-corrected chi connectivity index (χ0v) is 18.2. The van der Waals surface area contributed by atoms with Gasteiger partial charge in [0.05, 0.1) is 16.8 Å². The molecule has 168 valence electrons. The maximum atomic E-state index is 12.4. The number of rotatable bonds is 7. The number of benzene rings is 1. The number of sulfonamides is 1. The molecule has 0 atom stereocenters. The molecule has 1 aromatic carbocycles. The Kier molecular flexibility index (Phi) is 10.1. The van der Waals surface area contributed by atoms with E-state index in [1.165, 1.54) is 24.5 Å². The van der Waals surface area contributed by atoms with Crippen LogP contribution in [0.25, 0.3) is 0 Å². The van der Waals surface area contributed by atoms with Crippen LogP contribution in [0.1, 0.15) is 53.8 Å². The first-order valence-corrected chi connectivity index (χ1v) is 11.8. The van der Waals surface area contributed by atoms with Crippen LogP contribution in [-0.2, 0) is 16.4 Å². The molecule has 32 heavy (non-hydrogen) atoms. The van der Waals surface area contributed by atoms with E-state index in [1.54, 1.807) is 19.1 Å². The van der Waals surface area contributed by atoms with Gasteiger partial charge in [0.2, 0.25) is 0 Å². The van der Waals surface area contributed by atoms with Crippen molar-refractivity contribution in [1.29, 1.82) is 0 Å². The second-order valence-electron chi connectivity index (χ2n) is 7.61. The number of nitrogens with zero attached hydrogens (tertiary/aromatic N) is 2. The summed E-state index contributed by atoms with van der Waals surface area (Å²) in [6.45, 7) is 2.15. The molecule has 2 aromatic rings. The molecule has 1 aromatic heterocycles. The molecule has 9 nitrogen and oxygen atoms in total. The Balaban J connectivity index is 0.00000363. The Hall–Kier alpha value is -2.01. The van der Waals surface area contributed by atoms with Crippen molar-refractivity contribution in [2.75, 3.05) is 6.54 Å². The number of urea groups is 1. The van der Waals surface area contributed by atoms with Crippen molar-refractivity contribution in [2.24, 2.45) is 0 Å². The van der Waals surface area contributed by atoms with Gasteiger partial charge in [0.1, 0.15) is 5.69 Å². The Bertz CT molecular complexity index is 1010. The molecule has 0 bridgehead atoms. The van der Waals surface area contributed by atoms with E-state index in [2.05, 4.69) is 25.3 Å². The second kappa shape index (κ2) is 12.3. The molecule has 1 heterocycles. The molecule has 1 aliphatic rings. The van der Waals surface area contributed by atoms with Crippen molar-refractivity contribution >= 4 is 51.5 Å². The van der Waals surface area contributed by atoms with E-state index < -0.39 is 16.1 Å². The summed E-state index contributed by atoms with van der Waals surface area (Å²) in [5.41, 5.74) is 1.82. The van der Waals surface area contributed by atoms with Crippen molar-refractivity contribution < 1.29 is 18.0 Å². The van der Waals surface area contributed by atoms with Gasteiger partial charge in [0.25, 0.3) is 15.9 Å². The molecule has 0 unspecified atom stereocenters. The molecule has 1 fully saturated rings. The van der Waals surface area contributed by atoms with Crippen LogP contribution in [0.15, 0.2) is 41.6 Å². The summed E-state index contributed by atoms with van der Waals surface area (Å²) in [6.07, 6.45) is 8.43. The third-order valence-corrected chi connectivity index (χ3v) is 6.46. The van der Waals surface area contributed by atoms with Crippen LogP contribution in [0, 0.1) is 6.92 Å². The number of hydrogen-bond donors (Lipinski definition) is 3. The van der Waals surface area contributed by atoms with Crippen molar-refractivity contribution in [3.63, 3.8) is 0 Å². The summed E-state index contributed by atoms with van der Waals surface area (Å²) in [4.78, 5) is 32.2. The van der Waals surface area contributed by atoms with E-state index in [4.69, 9.17) is 0 Å². The van der Waals surface area contributed by atoms with Crippen LogP contribution >= 0.6 is 0 Å². The molecule has 1 aliphatic carbocycles. The predicted octanol–water partition coefficient (Wildman–Crippen LogP) is 1.43. The van der Waals surface area contributed by atoms with Gasteiger partial charge in [-0.15, -0.1) is 0 Å². The van der Waals surface area contributed by atoms with E-state index in [0.29, 0.717) is 13.0 Å². The predicted molar refractivity (Wildman–Crippen MR) is 122 cm³/mol. The number of nitrogens with one attached hydrogen (secondary N) is 3. The maximum absolute atomic E-state index is 12.4. The third-order valence-electron chi connectivity index (χ3n) is 5.11. The van der Waals surface area contributed by atoms with Gasteiger partial charge in [-0.25, -0.2) is 22.9 Å². The molecule has 0 saturated heterocycles. The summed E-state index contributed by atoms with van der Waals surface area (Å²) < 4.78 is 26.9. The van der Waals surface area contributed by atoms with Gasteiger partial charge in [-0.2, -0.15) is 0 Å². The van der Waals surface area contributed by atoms with Crippen LogP contribution in [0.4, 0.5) is 4.79 Å². The first-order chi connectivity index (χ1) is 14.8. The molecule has 0 aliphatic heterocycles. The van der Waals surface area contributed by atoms with Crippen LogP contribution in [0.3, 0.4) is 0 Å². The number of carbonyl (C=O) groups excluding carboxylic acids is 2. The number of aromatic nitrogens is 2. The zero-order chi connectivity index (χ0) is 22.3. The van der Waals surface area contributed by atoms with E-state index >= 15 is 0 Å². The summed E-state index contributed by atoms with van der Waals surface area (Å²) in [5, 5.41) is 5.48. The minimum absolute atomic E-state index is 0. The van der Waals surface area contributed by atoms with Crippen LogP contribution in [-0.4, -0.2) is 72.5 Å². The third kappa shape index (κ3) is 7.84. The van der Waals surface area contributed by atoms with Crippen LogP contribution in [0.2, 0.25) is 0 Å².